The molecular formula is C17H19F2N. The van der Waals surface area contributed by atoms with Gasteiger partial charge in [-0.25, -0.2) is 8.78 Å². The van der Waals surface area contributed by atoms with Crippen molar-refractivity contribution in [1.29, 1.82) is 0 Å². The zero-order valence-electron chi connectivity index (χ0n) is 11.7. The minimum absolute atomic E-state index is 0.0743. The van der Waals surface area contributed by atoms with Crippen molar-refractivity contribution in [3.05, 3.63) is 71.3 Å². The van der Waals surface area contributed by atoms with E-state index in [4.69, 9.17) is 0 Å². The number of hydrogen-bond acceptors (Lipinski definition) is 1. The van der Waals surface area contributed by atoms with E-state index in [1.807, 2.05) is 13.0 Å². The Morgan fingerprint density at radius 1 is 1.00 bits per heavy atom. The van der Waals surface area contributed by atoms with Crippen LogP contribution in [0.5, 0.6) is 0 Å². The second-order valence-electron chi connectivity index (χ2n) is 4.92. The summed E-state index contributed by atoms with van der Waals surface area (Å²) in [5, 5.41) is 3.40. The first-order chi connectivity index (χ1) is 9.61. The summed E-state index contributed by atoms with van der Waals surface area (Å²) in [6.07, 6.45) is 0.852. The van der Waals surface area contributed by atoms with Crippen LogP contribution in [0.15, 0.2) is 48.5 Å². The van der Waals surface area contributed by atoms with Crippen LogP contribution >= 0.6 is 0 Å². The van der Waals surface area contributed by atoms with E-state index in [0.29, 0.717) is 5.56 Å². The SMILES string of the molecule is CCC(N[C@H](C)c1ccccc1F)c1ccc(F)cc1. The third kappa shape index (κ3) is 3.42. The van der Waals surface area contributed by atoms with E-state index < -0.39 is 0 Å². The molecule has 0 aliphatic heterocycles. The van der Waals surface area contributed by atoms with Crippen LogP contribution < -0.4 is 5.32 Å². The van der Waals surface area contributed by atoms with Gasteiger partial charge in [-0.05, 0) is 37.1 Å². The van der Waals surface area contributed by atoms with Gasteiger partial charge in [-0.15, -0.1) is 0 Å². The van der Waals surface area contributed by atoms with Crippen molar-refractivity contribution in [2.45, 2.75) is 32.4 Å². The molecule has 0 bridgehead atoms. The largest absolute Gasteiger partial charge is 0.303 e. The van der Waals surface area contributed by atoms with Crippen LogP contribution in [0.2, 0.25) is 0 Å². The van der Waals surface area contributed by atoms with Crippen molar-refractivity contribution < 1.29 is 8.78 Å². The first kappa shape index (κ1) is 14.7. The molecule has 0 fully saturated rings. The molecule has 0 saturated carbocycles. The van der Waals surface area contributed by atoms with Gasteiger partial charge in [0.25, 0.3) is 0 Å². The summed E-state index contributed by atoms with van der Waals surface area (Å²) in [6, 6.07) is 13.2. The highest BCUT2D eigenvalue weighted by Crippen LogP contribution is 2.23. The Hall–Kier alpha value is -1.74. The standard InChI is InChI=1S/C17H19F2N/c1-3-17(13-8-10-14(18)11-9-13)20-12(2)15-6-4-5-7-16(15)19/h4-12,17,20H,3H2,1-2H3/t12-,17?/m1/s1. The number of hydrogen-bond donors (Lipinski definition) is 1. The van der Waals surface area contributed by atoms with Gasteiger partial charge in [0.05, 0.1) is 0 Å². The summed E-state index contributed by atoms with van der Waals surface area (Å²) in [4.78, 5) is 0. The molecule has 106 valence electrons. The summed E-state index contributed by atoms with van der Waals surface area (Å²) in [5.41, 5.74) is 1.66. The predicted octanol–water partition coefficient (Wildman–Crippen LogP) is 4.77. The fourth-order valence-corrected chi connectivity index (χ4v) is 2.36. The van der Waals surface area contributed by atoms with Gasteiger partial charge in [-0.3, -0.25) is 0 Å². The maximum atomic E-state index is 13.8. The molecule has 0 saturated heterocycles. The number of nitrogens with one attached hydrogen (secondary N) is 1. The van der Waals surface area contributed by atoms with Gasteiger partial charge in [0.2, 0.25) is 0 Å². The molecule has 0 spiro atoms. The Labute approximate surface area is 118 Å². The summed E-state index contributed by atoms with van der Waals surface area (Å²) in [7, 11) is 0. The third-order valence-electron chi connectivity index (χ3n) is 3.50. The molecule has 3 heteroatoms. The normalized spacial score (nSPS) is 14.0. The summed E-state index contributed by atoms with van der Waals surface area (Å²) in [5.74, 6) is -0.452. The van der Waals surface area contributed by atoms with E-state index in [1.54, 1.807) is 24.3 Å². The number of rotatable bonds is 5. The lowest BCUT2D eigenvalue weighted by molar-refractivity contribution is 0.442. The highest BCUT2D eigenvalue weighted by Gasteiger charge is 2.16. The molecule has 0 heterocycles. The minimum atomic E-state index is -0.245. The van der Waals surface area contributed by atoms with E-state index in [2.05, 4.69) is 12.2 Å². The second-order valence-corrected chi connectivity index (χ2v) is 4.92. The third-order valence-corrected chi connectivity index (χ3v) is 3.50. The topological polar surface area (TPSA) is 12.0 Å². The quantitative estimate of drug-likeness (QED) is 0.829. The molecule has 0 aliphatic carbocycles. The average Bonchev–Trinajstić information content (AvgIpc) is 2.46. The van der Waals surface area contributed by atoms with E-state index in [9.17, 15) is 8.78 Å². The van der Waals surface area contributed by atoms with Gasteiger partial charge in [0.15, 0.2) is 0 Å². The molecule has 1 nitrogen and oxygen atoms in total. The molecule has 1 N–H and O–H groups in total. The van der Waals surface area contributed by atoms with E-state index in [1.165, 1.54) is 18.2 Å². The number of benzene rings is 2. The van der Waals surface area contributed by atoms with Crippen molar-refractivity contribution in [1.82, 2.24) is 5.32 Å². The number of halogens is 2. The smallest absolute Gasteiger partial charge is 0.127 e. The molecule has 0 amide bonds. The highest BCUT2D eigenvalue weighted by molar-refractivity contribution is 5.23. The zero-order valence-corrected chi connectivity index (χ0v) is 11.7. The van der Waals surface area contributed by atoms with Crippen LogP contribution in [0.3, 0.4) is 0 Å². The van der Waals surface area contributed by atoms with E-state index in [0.717, 1.165) is 12.0 Å². The van der Waals surface area contributed by atoms with Gasteiger partial charge in [0, 0.05) is 17.6 Å². The predicted molar refractivity (Wildman–Crippen MR) is 77.4 cm³/mol. The average molecular weight is 275 g/mol. The van der Waals surface area contributed by atoms with Gasteiger partial charge in [-0.1, -0.05) is 37.3 Å². The molecular weight excluding hydrogens is 256 g/mol. The molecule has 2 aromatic carbocycles. The van der Waals surface area contributed by atoms with Crippen molar-refractivity contribution >= 4 is 0 Å². The summed E-state index contributed by atoms with van der Waals surface area (Å²) < 4.78 is 26.7. The van der Waals surface area contributed by atoms with Crippen LogP contribution in [-0.4, -0.2) is 0 Å². The van der Waals surface area contributed by atoms with Crippen LogP contribution in [0, 0.1) is 11.6 Å². The maximum Gasteiger partial charge on any atom is 0.127 e. The summed E-state index contributed by atoms with van der Waals surface area (Å²) in [6.45, 7) is 3.99. The second kappa shape index (κ2) is 6.62. The summed E-state index contributed by atoms with van der Waals surface area (Å²) >= 11 is 0. The molecule has 2 aromatic rings. The maximum absolute atomic E-state index is 13.8. The lowest BCUT2D eigenvalue weighted by Gasteiger charge is -2.23. The molecule has 0 radical (unpaired) electrons. The van der Waals surface area contributed by atoms with Gasteiger partial charge >= 0.3 is 0 Å². The lowest BCUT2D eigenvalue weighted by Crippen LogP contribution is -2.24. The molecule has 0 aromatic heterocycles. The monoisotopic (exact) mass is 275 g/mol. The highest BCUT2D eigenvalue weighted by atomic mass is 19.1. The lowest BCUT2D eigenvalue weighted by atomic mass is 10.0. The molecule has 2 atom stereocenters. The van der Waals surface area contributed by atoms with Crippen LogP contribution in [0.25, 0.3) is 0 Å². The fraction of sp³-hybridized carbons (Fsp3) is 0.294. The van der Waals surface area contributed by atoms with Gasteiger partial charge in [0.1, 0.15) is 11.6 Å². The van der Waals surface area contributed by atoms with E-state index >= 15 is 0 Å². The Morgan fingerprint density at radius 3 is 2.25 bits per heavy atom. The first-order valence-electron chi connectivity index (χ1n) is 6.87. The minimum Gasteiger partial charge on any atom is -0.303 e. The first-order valence-corrected chi connectivity index (χ1v) is 6.87. The van der Waals surface area contributed by atoms with Crippen molar-refractivity contribution in [3.63, 3.8) is 0 Å². The van der Waals surface area contributed by atoms with Gasteiger partial charge < -0.3 is 5.32 Å². The molecule has 2 rings (SSSR count). The zero-order chi connectivity index (χ0) is 14.5. The van der Waals surface area contributed by atoms with Gasteiger partial charge in [-0.2, -0.15) is 0 Å². The van der Waals surface area contributed by atoms with E-state index in [-0.39, 0.29) is 23.7 Å². The van der Waals surface area contributed by atoms with Crippen molar-refractivity contribution in [3.8, 4) is 0 Å². The van der Waals surface area contributed by atoms with Crippen molar-refractivity contribution in [2.24, 2.45) is 0 Å². The van der Waals surface area contributed by atoms with Crippen LogP contribution in [0.4, 0.5) is 8.78 Å². The molecule has 20 heavy (non-hydrogen) atoms. The molecule has 0 aliphatic rings. The fourth-order valence-electron chi connectivity index (χ4n) is 2.36. The van der Waals surface area contributed by atoms with Crippen molar-refractivity contribution in [2.75, 3.05) is 0 Å². The Balaban J connectivity index is 2.14. The van der Waals surface area contributed by atoms with Crippen LogP contribution in [0.1, 0.15) is 43.5 Å². The Kier molecular flexibility index (Phi) is 4.85. The Bertz CT molecular complexity index is 551. The van der Waals surface area contributed by atoms with Crippen LogP contribution in [-0.2, 0) is 0 Å². The molecule has 1 unspecified atom stereocenters. The Morgan fingerprint density at radius 2 is 1.65 bits per heavy atom.